The van der Waals surface area contributed by atoms with Crippen LogP contribution in [-0.2, 0) is 7.05 Å². The standard InChI is InChI=1S/C11H12N6S/c1-7-8(2)15-10-13-6-14-17(10)9(7)18-11-12-4-5-16(11)3/h4-6H,1-3H3. The Morgan fingerprint density at radius 2 is 2.06 bits per heavy atom. The maximum Gasteiger partial charge on any atom is 0.253 e. The van der Waals surface area contributed by atoms with E-state index >= 15 is 0 Å². The van der Waals surface area contributed by atoms with Crippen LogP contribution in [0.2, 0.25) is 0 Å². The lowest BCUT2D eigenvalue weighted by Gasteiger charge is -2.09. The summed E-state index contributed by atoms with van der Waals surface area (Å²) in [4.78, 5) is 12.8. The van der Waals surface area contributed by atoms with Crippen molar-refractivity contribution < 1.29 is 0 Å². The van der Waals surface area contributed by atoms with Crippen molar-refractivity contribution in [1.82, 2.24) is 29.1 Å². The number of aryl methyl sites for hydroxylation is 2. The van der Waals surface area contributed by atoms with Gasteiger partial charge in [-0.15, -0.1) is 0 Å². The fourth-order valence-electron chi connectivity index (χ4n) is 1.66. The largest absolute Gasteiger partial charge is 0.329 e. The molecule has 3 aromatic heterocycles. The monoisotopic (exact) mass is 260 g/mol. The second-order valence-corrected chi connectivity index (χ2v) is 4.98. The summed E-state index contributed by atoms with van der Waals surface area (Å²) < 4.78 is 3.73. The number of rotatable bonds is 2. The zero-order valence-corrected chi connectivity index (χ0v) is 11.1. The summed E-state index contributed by atoms with van der Waals surface area (Å²) in [5.74, 6) is 0.620. The summed E-state index contributed by atoms with van der Waals surface area (Å²) in [7, 11) is 1.97. The molecule has 0 saturated heterocycles. The Morgan fingerprint density at radius 3 is 2.78 bits per heavy atom. The van der Waals surface area contributed by atoms with Gasteiger partial charge in [0.05, 0.1) is 0 Å². The molecule has 7 heteroatoms. The van der Waals surface area contributed by atoms with Crippen LogP contribution in [0.3, 0.4) is 0 Å². The molecule has 0 aromatic carbocycles. The third-order valence-electron chi connectivity index (χ3n) is 2.82. The van der Waals surface area contributed by atoms with Crippen molar-refractivity contribution in [3.05, 3.63) is 30.0 Å². The van der Waals surface area contributed by atoms with E-state index in [2.05, 4.69) is 20.1 Å². The summed E-state index contributed by atoms with van der Waals surface area (Å²) in [6.07, 6.45) is 5.22. The molecule has 0 N–H and O–H groups in total. The van der Waals surface area contributed by atoms with Crippen molar-refractivity contribution in [2.24, 2.45) is 7.05 Å². The van der Waals surface area contributed by atoms with Crippen molar-refractivity contribution in [2.75, 3.05) is 0 Å². The Labute approximate surface area is 108 Å². The van der Waals surface area contributed by atoms with E-state index in [0.29, 0.717) is 5.78 Å². The molecule has 0 aliphatic carbocycles. The van der Waals surface area contributed by atoms with E-state index in [1.165, 1.54) is 6.33 Å². The molecule has 3 rings (SSSR count). The molecule has 18 heavy (non-hydrogen) atoms. The van der Waals surface area contributed by atoms with Crippen LogP contribution in [0.1, 0.15) is 11.3 Å². The van der Waals surface area contributed by atoms with Crippen molar-refractivity contribution in [3.63, 3.8) is 0 Å². The number of imidazole rings is 1. The second-order valence-electron chi connectivity index (χ2n) is 4.02. The van der Waals surface area contributed by atoms with Crippen LogP contribution in [0, 0.1) is 13.8 Å². The lowest BCUT2D eigenvalue weighted by atomic mass is 10.3. The SMILES string of the molecule is Cc1nc2ncnn2c(Sc2nccn2C)c1C. The normalized spacial score (nSPS) is 11.3. The predicted octanol–water partition coefficient (Wildman–Crippen LogP) is 1.63. The van der Waals surface area contributed by atoms with Gasteiger partial charge in [-0.05, 0) is 25.6 Å². The van der Waals surface area contributed by atoms with Gasteiger partial charge in [0.2, 0.25) is 0 Å². The third-order valence-corrected chi connectivity index (χ3v) is 4.07. The van der Waals surface area contributed by atoms with Crippen molar-refractivity contribution in [3.8, 4) is 0 Å². The van der Waals surface area contributed by atoms with Crippen LogP contribution in [0.5, 0.6) is 0 Å². The van der Waals surface area contributed by atoms with Gasteiger partial charge in [0.1, 0.15) is 11.4 Å². The van der Waals surface area contributed by atoms with Crippen LogP contribution in [0.4, 0.5) is 0 Å². The molecule has 0 saturated carbocycles. The minimum atomic E-state index is 0.620. The summed E-state index contributed by atoms with van der Waals surface area (Å²) in [5.41, 5.74) is 2.06. The fourth-order valence-corrected chi connectivity index (χ4v) is 2.67. The molecule has 0 aliphatic rings. The zero-order valence-electron chi connectivity index (χ0n) is 10.3. The molecule has 3 aromatic rings. The Morgan fingerprint density at radius 1 is 1.22 bits per heavy atom. The molecule has 92 valence electrons. The zero-order chi connectivity index (χ0) is 12.7. The van der Waals surface area contributed by atoms with E-state index in [1.54, 1.807) is 22.5 Å². The smallest absolute Gasteiger partial charge is 0.253 e. The third kappa shape index (κ3) is 1.67. The minimum Gasteiger partial charge on any atom is -0.329 e. The van der Waals surface area contributed by atoms with E-state index in [0.717, 1.165) is 21.4 Å². The first-order chi connectivity index (χ1) is 8.66. The molecule has 6 nitrogen and oxygen atoms in total. The van der Waals surface area contributed by atoms with Crippen molar-refractivity contribution in [1.29, 1.82) is 0 Å². The summed E-state index contributed by atoms with van der Waals surface area (Å²) >= 11 is 1.57. The number of hydrogen-bond donors (Lipinski definition) is 0. The minimum absolute atomic E-state index is 0.620. The highest BCUT2D eigenvalue weighted by Crippen LogP contribution is 2.29. The highest BCUT2D eigenvalue weighted by molar-refractivity contribution is 7.99. The first-order valence-electron chi connectivity index (χ1n) is 5.49. The van der Waals surface area contributed by atoms with Gasteiger partial charge >= 0.3 is 0 Å². The fraction of sp³-hybridized carbons (Fsp3) is 0.273. The Hall–Kier alpha value is -1.89. The Kier molecular flexibility index (Phi) is 2.55. The van der Waals surface area contributed by atoms with Crippen molar-refractivity contribution >= 4 is 17.5 Å². The maximum absolute atomic E-state index is 4.40. The lowest BCUT2D eigenvalue weighted by Crippen LogP contribution is -2.02. The second kappa shape index (κ2) is 4.09. The van der Waals surface area contributed by atoms with Gasteiger partial charge in [0, 0.05) is 30.7 Å². The first-order valence-corrected chi connectivity index (χ1v) is 6.30. The van der Waals surface area contributed by atoms with Gasteiger partial charge in [-0.3, -0.25) is 0 Å². The lowest BCUT2D eigenvalue weighted by molar-refractivity contribution is 0.774. The highest BCUT2D eigenvalue weighted by Gasteiger charge is 2.14. The molecule has 0 amide bonds. The molecule has 0 unspecified atom stereocenters. The number of fused-ring (bicyclic) bond motifs is 1. The number of aromatic nitrogens is 6. The van der Waals surface area contributed by atoms with E-state index in [9.17, 15) is 0 Å². The quantitative estimate of drug-likeness (QED) is 0.655. The average Bonchev–Trinajstić information content (AvgIpc) is 2.94. The summed E-state index contributed by atoms with van der Waals surface area (Å²) in [6.45, 7) is 4.02. The van der Waals surface area contributed by atoms with Gasteiger partial charge in [0.25, 0.3) is 5.78 Å². The predicted molar refractivity (Wildman–Crippen MR) is 67.6 cm³/mol. The Balaban J connectivity index is 2.18. The van der Waals surface area contributed by atoms with Gasteiger partial charge in [-0.1, -0.05) is 0 Å². The Bertz CT molecular complexity index is 713. The van der Waals surface area contributed by atoms with Gasteiger partial charge in [-0.2, -0.15) is 14.6 Å². The van der Waals surface area contributed by atoms with Crippen LogP contribution in [0.15, 0.2) is 28.9 Å². The van der Waals surface area contributed by atoms with Crippen molar-refractivity contribution in [2.45, 2.75) is 24.0 Å². The number of hydrogen-bond acceptors (Lipinski definition) is 5. The first kappa shape index (κ1) is 11.2. The van der Waals surface area contributed by atoms with Crippen LogP contribution in [0.25, 0.3) is 5.78 Å². The molecule has 0 fully saturated rings. The number of nitrogens with zero attached hydrogens (tertiary/aromatic N) is 6. The molecule has 0 spiro atoms. The molecule has 0 atom stereocenters. The van der Waals surface area contributed by atoms with E-state index in [1.807, 2.05) is 31.7 Å². The van der Waals surface area contributed by atoms with Crippen LogP contribution in [-0.4, -0.2) is 29.1 Å². The molecule has 0 bridgehead atoms. The van der Waals surface area contributed by atoms with E-state index < -0.39 is 0 Å². The maximum atomic E-state index is 4.40. The molecule has 3 heterocycles. The topological polar surface area (TPSA) is 60.9 Å². The molecular weight excluding hydrogens is 248 g/mol. The van der Waals surface area contributed by atoms with Crippen LogP contribution < -0.4 is 0 Å². The summed E-state index contributed by atoms with van der Waals surface area (Å²) in [6, 6.07) is 0. The molecule has 0 aliphatic heterocycles. The van der Waals surface area contributed by atoms with E-state index in [4.69, 9.17) is 0 Å². The summed E-state index contributed by atoms with van der Waals surface area (Å²) in [5, 5.41) is 6.14. The van der Waals surface area contributed by atoms with Gasteiger partial charge in [0.15, 0.2) is 5.16 Å². The molecular formula is C11H12N6S. The highest BCUT2D eigenvalue weighted by atomic mass is 32.2. The molecule has 0 radical (unpaired) electrons. The van der Waals surface area contributed by atoms with Gasteiger partial charge < -0.3 is 4.57 Å². The van der Waals surface area contributed by atoms with Gasteiger partial charge in [-0.25, -0.2) is 9.97 Å². The van der Waals surface area contributed by atoms with Crippen LogP contribution >= 0.6 is 11.8 Å². The average molecular weight is 260 g/mol. The van der Waals surface area contributed by atoms with E-state index in [-0.39, 0.29) is 0 Å².